The molecule has 0 fully saturated rings. The van der Waals surface area contributed by atoms with Crippen LogP contribution in [0.3, 0.4) is 0 Å². The van der Waals surface area contributed by atoms with Crippen LogP contribution >= 0.6 is 20.2 Å². The first-order valence-corrected chi connectivity index (χ1v) is 24.1. The van der Waals surface area contributed by atoms with Crippen LogP contribution in [-0.4, -0.2) is 34.6 Å². The Morgan fingerprint density at radius 1 is 0.815 bits per heavy atom. The maximum atomic E-state index is 11.8. The van der Waals surface area contributed by atoms with Crippen molar-refractivity contribution in [1.29, 1.82) is 0 Å². The topological polar surface area (TPSA) is 84.6 Å². The van der Waals surface area contributed by atoms with Crippen molar-refractivity contribution in [1.82, 2.24) is 5.32 Å². The van der Waals surface area contributed by atoms with Gasteiger partial charge in [-0.3, -0.25) is 0 Å². The van der Waals surface area contributed by atoms with E-state index in [1.54, 1.807) is 0 Å². The third-order valence-corrected chi connectivity index (χ3v) is 16.2. The van der Waals surface area contributed by atoms with Gasteiger partial charge < -0.3 is 0 Å². The predicted molar refractivity (Wildman–Crippen MR) is 242 cm³/mol. The Kier molecular flexibility index (Phi) is 13.4. The summed E-state index contributed by atoms with van der Waals surface area (Å²) in [5.74, 6) is 0. The number of ether oxygens (including phenoxy) is 1. The Balaban J connectivity index is 1.98. The van der Waals surface area contributed by atoms with Crippen LogP contribution in [0.4, 0.5) is 4.79 Å². The molecule has 5 nitrogen and oxygen atoms in total. The minimum atomic E-state index is -2.41. The van der Waals surface area contributed by atoms with Gasteiger partial charge in [-0.25, -0.2) is 0 Å². The van der Waals surface area contributed by atoms with Gasteiger partial charge in [0.1, 0.15) is 0 Å². The van der Waals surface area contributed by atoms with Gasteiger partial charge in [0.05, 0.1) is 0 Å². The molecular weight excluding hydrogens is 779 g/mol. The first-order valence-electron chi connectivity index (χ1n) is 19.9. The van der Waals surface area contributed by atoms with Crippen molar-refractivity contribution in [2.24, 2.45) is 32.8 Å². The summed E-state index contributed by atoms with van der Waals surface area (Å²) in [5, 5.41) is 2.92. The number of nitrogens with one attached hydrogen (secondary N) is 1. The predicted octanol–water partition coefficient (Wildman–Crippen LogP) is 12.8. The quantitative estimate of drug-likeness (QED) is 0.127. The van der Waals surface area contributed by atoms with Gasteiger partial charge in [0.15, 0.2) is 0 Å². The molecule has 0 aromatic carbocycles. The van der Waals surface area contributed by atoms with Crippen LogP contribution in [0, 0.1) is 27.1 Å². The van der Waals surface area contributed by atoms with Gasteiger partial charge in [-0.05, 0) is 18.3 Å². The fraction of sp³-hybridized carbons (Fsp3) is 0.646. The zero-order valence-corrected chi connectivity index (χ0v) is 39.6. The molecule has 304 valence electrons. The number of hydrogen-bond donors (Lipinski definition) is 3. The van der Waals surface area contributed by atoms with Crippen molar-refractivity contribution in [2.75, 3.05) is 4.93 Å². The molecule has 4 N–H and O–H groups in total. The number of nitrogens with two attached hydrogens (primary N) is 1. The molecular formula is C48H77IN2O3. The van der Waals surface area contributed by atoms with E-state index in [0.717, 1.165) is 24.8 Å². The van der Waals surface area contributed by atoms with Gasteiger partial charge in [0, 0.05) is 0 Å². The van der Waals surface area contributed by atoms with Crippen LogP contribution in [0.5, 0.6) is 0 Å². The van der Waals surface area contributed by atoms with Crippen molar-refractivity contribution in [3.8, 4) is 0 Å². The minimum absolute atomic E-state index is 0.104. The first kappa shape index (κ1) is 46.2. The molecule has 0 bridgehead atoms. The van der Waals surface area contributed by atoms with E-state index in [0.29, 0.717) is 6.42 Å². The second-order valence-corrected chi connectivity index (χ2v) is 26.3. The number of hydrogen-bond acceptors (Lipinski definition) is 3. The number of carbonyl (C=O) groups excluding carboxylic acids is 1. The van der Waals surface area contributed by atoms with Gasteiger partial charge >= 0.3 is 264 Å². The fourth-order valence-electron chi connectivity index (χ4n) is 8.90. The van der Waals surface area contributed by atoms with Crippen LogP contribution in [0.15, 0.2) is 94.7 Å². The Hall–Kier alpha value is -2.16. The molecule has 0 spiro atoms. The number of primary amides is 1. The van der Waals surface area contributed by atoms with Crippen molar-refractivity contribution in [3.63, 3.8) is 0 Å². The van der Waals surface area contributed by atoms with Crippen LogP contribution in [0.25, 0.3) is 0 Å². The van der Waals surface area contributed by atoms with E-state index in [9.17, 15) is 8.23 Å². The zero-order valence-electron chi connectivity index (χ0n) is 37.4. The van der Waals surface area contributed by atoms with Crippen LogP contribution < -0.4 is 11.1 Å². The molecule has 0 aliphatic heterocycles. The Bertz CT molecular complexity index is 1680. The number of urea groups is 1. The number of alkyl halides is 2. The van der Waals surface area contributed by atoms with E-state index in [4.69, 9.17) is 10.5 Å². The van der Waals surface area contributed by atoms with E-state index in [1.807, 2.05) is 18.8 Å². The molecule has 3 aliphatic carbocycles. The summed E-state index contributed by atoms with van der Waals surface area (Å²) in [7, 11) is 0. The van der Waals surface area contributed by atoms with Gasteiger partial charge in [-0.1, -0.05) is 58.1 Å². The standard InChI is InChI=1S/C48H77IN2O3/c1-40(2)26-19-21-34(25-28-40)37-22-20-27-41(3,4)31-38(37)46(13,14)47(15,16)54-45(11,12)33-43(7,8)36-24-23-35(29-48(17,30-36)49(18)53)42(5,6)32-44(9,10)51-39(50)52/h19-24,26-27,29-31,53H,25,28,32-33H2,1-18H3,(H3,50,51,52). The Labute approximate surface area is 338 Å². The number of rotatable bonds is 13. The van der Waals surface area contributed by atoms with Gasteiger partial charge in [0.25, 0.3) is 0 Å². The summed E-state index contributed by atoms with van der Waals surface area (Å²) in [5.41, 5.74) is 9.59. The molecule has 0 radical (unpaired) electrons. The second kappa shape index (κ2) is 15.6. The number of carbonyl (C=O) groups is 1. The van der Waals surface area contributed by atoms with Crippen molar-refractivity contribution in [2.45, 2.75) is 164 Å². The molecule has 3 aliphatic rings. The maximum absolute atomic E-state index is 11.8. The van der Waals surface area contributed by atoms with Gasteiger partial charge in [-0.15, -0.1) is 0 Å². The Morgan fingerprint density at radius 3 is 1.85 bits per heavy atom. The van der Waals surface area contributed by atoms with E-state index in [1.165, 1.54) is 22.3 Å². The average molecular weight is 857 g/mol. The summed E-state index contributed by atoms with van der Waals surface area (Å²) in [6, 6.07) is -0.521. The normalized spacial score (nSPS) is 22.9. The van der Waals surface area contributed by atoms with Crippen molar-refractivity contribution < 1.29 is 13.0 Å². The molecule has 0 heterocycles. The Morgan fingerprint density at radius 2 is 1.33 bits per heavy atom. The van der Waals surface area contributed by atoms with Crippen molar-refractivity contribution >= 4 is 26.3 Å². The summed E-state index contributed by atoms with van der Waals surface area (Å²) in [6.07, 6.45) is 29.0. The summed E-state index contributed by atoms with van der Waals surface area (Å²) >= 11 is -2.41. The molecule has 2 amide bonds. The summed E-state index contributed by atoms with van der Waals surface area (Å²) in [4.78, 5) is 13.8. The van der Waals surface area contributed by atoms with Gasteiger partial charge in [0.2, 0.25) is 0 Å². The third kappa shape index (κ3) is 11.5. The number of allylic oxidation sites excluding steroid dienone is 15. The molecule has 54 heavy (non-hydrogen) atoms. The fourth-order valence-corrected chi connectivity index (χ4v) is 10.5. The number of halogens is 1. The van der Waals surface area contributed by atoms with E-state index in [-0.39, 0.29) is 27.1 Å². The molecule has 0 saturated heterocycles. The van der Waals surface area contributed by atoms with Crippen LogP contribution in [0.2, 0.25) is 0 Å². The average Bonchev–Trinajstić information content (AvgIpc) is 3.33. The van der Waals surface area contributed by atoms with E-state index in [2.05, 4.69) is 176 Å². The molecule has 6 heteroatoms. The molecule has 3 rings (SSSR count). The molecule has 0 saturated carbocycles. The zero-order chi connectivity index (χ0) is 41.6. The molecule has 1 unspecified atom stereocenters. The van der Waals surface area contributed by atoms with E-state index >= 15 is 0 Å². The monoisotopic (exact) mass is 856 g/mol. The number of amides is 2. The van der Waals surface area contributed by atoms with E-state index < -0.39 is 46.4 Å². The van der Waals surface area contributed by atoms with Crippen molar-refractivity contribution in [3.05, 3.63) is 94.7 Å². The molecule has 1 atom stereocenters. The third-order valence-electron chi connectivity index (χ3n) is 12.2. The summed E-state index contributed by atoms with van der Waals surface area (Å²) < 4.78 is 18.4. The summed E-state index contributed by atoms with van der Waals surface area (Å²) in [6.45, 7) is 38.2. The molecule has 0 aromatic rings. The first-order chi connectivity index (χ1) is 24.2. The molecule has 0 aromatic heterocycles. The SMILES string of the molecule is CI(O)C1(C)C=C(C(C)(C)CC(C)(C)NC(N)=O)C=CC(C(C)(C)CC(C)(C)OC(C)(C)C(C)(C)C2=CC(C)(C)C=CC=C2C2=CC=CC(C)(C)CC2)=C1. The van der Waals surface area contributed by atoms with Crippen LogP contribution in [0.1, 0.15) is 143 Å². The van der Waals surface area contributed by atoms with Crippen LogP contribution in [-0.2, 0) is 4.74 Å². The van der Waals surface area contributed by atoms with Gasteiger partial charge in [-0.2, -0.15) is 0 Å². The second-order valence-electron chi connectivity index (χ2n) is 21.5.